The van der Waals surface area contributed by atoms with Crippen LogP contribution < -0.4 is 26.2 Å². The molecule has 2 aliphatic heterocycles. The summed E-state index contributed by atoms with van der Waals surface area (Å²) >= 11 is 0. The number of aromatic nitrogens is 2. The molecule has 0 saturated carbocycles. The van der Waals surface area contributed by atoms with Crippen molar-refractivity contribution in [2.75, 3.05) is 9.80 Å². The van der Waals surface area contributed by atoms with E-state index in [1.807, 2.05) is 89.8 Å². The molecule has 0 spiro atoms. The molecule has 0 amide bonds. The fourth-order valence-corrected chi connectivity index (χ4v) is 14.7. The lowest BCUT2D eigenvalue weighted by molar-refractivity contribution is 0.590. The minimum Gasteiger partial charge on any atom is -0.311 e. The molecule has 0 aliphatic carbocycles. The largest absolute Gasteiger partial charge is 0.311 e. The normalized spacial score (nSPS) is 15.5. The molecule has 0 fully saturated rings. The first kappa shape index (κ1) is 42.2. The summed E-state index contributed by atoms with van der Waals surface area (Å²) in [6.07, 6.45) is 0. The summed E-state index contributed by atoms with van der Waals surface area (Å²) in [4.78, 5) is 3.92. The van der Waals surface area contributed by atoms with E-state index in [2.05, 4.69) is 118 Å². The van der Waals surface area contributed by atoms with Crippen LogP contribution in [0.1, 0.15) is 92.6 Å². The van der Waals surface area contributed by atoms with E-state index in [0.29, 0.717) is 44.8 Å². The zero-order valence-corrected chi connectivity index (χ0v) is 55.6. The number of anilines is 6. The summed E-state index contributed by atoms with van der Waals surface area (Å²) < 4.78 is 199. The van der Waals surface area contributed by atoms with Gasteiger partial charge in [-0.25, -0.2) is 0 Å². The Morgan fingerprint density at radius 3 is 1.38 bits per heavy atom. The molecule has 0 atom stereocenters. The van der Waals surface area contributed by atoms with Gasteiger partial charge in [0.05, 0.1) is 79.4 Å². The van der Waals surface area contributed by atoms with Crippen molar-refractivity contribution in [3.63, 3.8) is 0 Å². The molecule has 6 nitrogen and oxygen atoms in total. The average molecular weight is 1310 g/mol. The van der Waals surface area contributed by atoms with Gasteiger partial charge in [0.15, 0.2) is 0 Å². The number of benzene rings is 14. The SMILES string of the molecule is [2H]c1c([2H])c([2H])c(-c2ccc3c(c2)N(c2cc(-c4ccccc4)cc(-c4ccccc4)c2)c2cc(-n4c5ccc(C(C)(C)C)cc5c5cc(C(C)(C)C)ccc54)cc4c2B3c2ccc(-c3c([2H])c([2H])c([2H])c([2H])c3[2H])cc2N4c2cc(-n3c4c([2H])c([2H])c(C#N)c([2H])c4c4c([2H])c([2H])c(-c5c([2H])c([2H])c([2H])c([2H])c5[2H])c([2H])c43)ccc2C#N)c([2H])c1[2H]. The third-order valence-corrected chi connectivity index (χ3v) is 19.5. The van der Waals surface area contributed by atoms with Crippen LogP contribution in [0.25, 0.3) is 111 Å². The summed E-state index contributed by atoms with van der Waals surface area (Å²) in [6.45, 7) is 12.0. The quantitative estimate of drug-likeness (QED) is 0.135. The van der Waals surface area contributed by atoms with E-state index in [-0.39, 0.29) is 77.5 Å². The number of fused-ring (bicyclic) bond motifs is 10. The van der Waals surface area contributed by atoms with Crippen LogP contribution in [0.4, 0.5) is 34.1 Å². The number of hydrogen-bond donors (Lipinski definition) is 0. The van der Waals surface area contributed by atoms with Crippen molar-refractivity contribution in [1.29, 1.82) is 10.5 Å². The molecule has 2 aromatic heterocycles. The molecule has 0 N–H and O–H groups in total. The number of nitriles is 2. The van der Waals surface area contributed by atoms with Gasteiger partial charge in [-0.15, -0.1) is 0 Å². The van der Waals surface area contributed by atoms with Gasteiger partial charge in [0.25, 0.3) is 6.71 Å². The van der Waals surface area contributed by atoms with E-state index < -0.39 is 150 Å². The second-order valence-corrected chi connectivity index (χ2v) is 27.6. The van der Waals surface area contributed by atoms with E-state index in [4.69, 9.17) is 12.3 Å². The Balaban J connectivity index is 1.05. The molecule has 2 aliphatic rings. The van der Waals surface area contributed by atoms with Crippen molar-refractivity contribution in [2.24, 2.45) is 0 Å². The first-order valence-corrected chi connectivity index (χ1v) is 33.1. The molecule has 18 rings (SSSR count). The predicted molar refractivity (Wildman–Crippen MR) is 423 cm³/mol. The predicted octanol–water partition coefficient (Wildman–Crippen LogP) is 22.6. The molecule has 101 heavy (non-hydrogen) atoms. The van der Waals surface area contributed by atoms with E-state index in [1.165, 1.54) is 16.7 Å². The van der Waals surface area contributed by atoms with Crippen LogP contribution in [-0.2, 0) is 10.8 Å². The van der Waals surface area contributed by atoms with Gasteiger partial charge < -0.3 is 18.9 Å². The van der Waals surface area contributed by atoms with Gasteiger partial charge >= 0.3 is 0 Å². The smallest absolute Gasteiger partial charge is 0.252 e. The van der Waals surface area contributed by atoms with Crippen LogP contribution in [0.3, 0.4) is 0 Å². The molecule has 0 saturated heterocycles. The van der Waals surface area contributed by atoms with Crippen LogP contribution in [0.15, 0.2) is 309 Å². The lowest BCUT2D eigenvalue weighted by Gasteiger charge is -2.45. The first-order valence-electron chi connectivity index (χ1n) is 43.6. The lowest BCUT2D eigenvalue weighted by atomic mass is 9.33. The molecule has 14 aromatic carbocycles. The minimum atomic E-state index is -0.931. The third-order valence-electron chi connectivity index (χ3n) is 19.5. The molecular weight excluding hydrogens is 1220 g/mol. The van der Waals surface area contributed by atoms with E-state index in [0.717, 1.165) is 55.2 Å². The Hall–Kier alpha value is -12.7. The maximum atomic E-state index is 12.2. The number of rotatable bonds is 9. The summed E-state index contributed by atoms with van der Waals surface area (Å²) in [7, 11) is 0. The van der Waals surface area contributed by atoms with E-state index >= 15 is 0 Å². The second-order valence-electron chi connectivity index (χ2n) is 27.6. The van der Waals surface area contributed by atoms with Crippen molar-refractivity contribution in [1.82, 2.24) is 9.13 Å². The highest BCUT2D eigenvalue weighted by molar-refractivity contribution is 7.00. The summed E-state index contributed by atoms with van der Waals surface area (Å²) in [5.41, 5.74) is 8.28. The van der Waals surface area contributed by atoms with Gasteiger partial charge in [-0.05, 0) is 203 Å². The van der Waals surface area contributed by atoms with Crippen molar-refractivity contribution in [2.45, 2.75) is 52.4 Å². The highest BCUT2D eigenvalue weighted by Crippen LogP contribution is 2.51. The molecule has 7 heteroatoms. The molecule has 16 aromatic rings. The Morgan fingerprint density at radius 2 is 0.842 bits per heavy atom. The van der Waals surface area contributed by atoms with E-state index in [9.17, 15) is 27.0 Å². The highest BCUT2D eigenvalue weighted by Gasteiger charge is 2.45. The molecule has 478 valence electrons. The monoisotopic (exact) mass is 1310 g/mol. The Bertz CT molecular complexity index is 7270. The van der Waals surface area contributed by atoms with Gasteiger partial charge in [-0.2, -0.15) is 10.5 Å². The Labute approximate surface area is 619 Å². The summed E-state index contributed by atoms with van der Waals surface area (Å²) in [5, 5.41) is 24.1. The van der Waals surface area contributed by atoms with Gasteiger partial charge in [-0.1, -0.05) is 241 Å². The minimum absolute atomic E-state index is 0.0332. The summed E-state index contributed by atoms with van der Waals surface area (Å²) in [5.74, 6) is 0. The molecule has 0 radical (unpaired) electrons. The van der Waals surface area contributed by atoms with Crippen LogP contribution in [0.5, 0.6) is 0 Å². The van der Waals surface area contributed by atoms with Crippen LogP contribution in [0, 0.1) is 22.7 Å². The molecule has 0 unspecified atom stereocenters. The average Bonchev–Trinajstić information content (AvgIpc) is 1.01. The van der Waals surface area contributed by atoms with Crippen molar-refractivity contribution in [3.8, 4) is 79.1 Å². The zero-order valence-electron chi connectivity index (χ0n) is 76.6. The lowest BCUT2D eigenvalue weighted by Crippen LogP contribution is -2.61. The van der Waals surface area contributed by atoms with Crippen molar-refractivity contribution >= 4 is 101 Å². The maximum Gasteiger partial charge on any atom is 0.252 e. The first-order chi connectivity index (χ1) is 58.0. The van der Waals surface area contributed by atoms with Crippen molar-refractivity contribution in [3.05, 3.63) is 331 Å². The molecule has 4 heterocycles. The number of hydrogen-bond acceptors (Lipinski definition) is 4. The van der Waals surface area contributed by atoms with Gasteiger partial charge in [0.2, 0.25) is 0 Å². The molecular formula is C94H69BN6. The maximum absolute atomic E-state index is 12.2. The van der Waals surface area contributed by atoms with Gasteiger partial charge in [-0.3, -0.25) is 0 Å². The fourth-order valence-electron chi connectivity index (χ4n) is 14.7. The second kappa shape index (κ2) is 23.5. The third kappa shape index (κ3) is 10.1. The highest BCUT2D eigenvalue weighted by atomic mass is 15.2. The van der Waals surface area contributed by atoms with Crippen LogP contribution in [-0.4, -0.2) is 15.8 Å². The topological polar surface area (TPSA) is 63.9 Å². The standard InChI is InChI=1S/C94H69BN6/c1-93(2,3)72-37-44-84-79(53-72)80-54-73(94(4,5)6)38-45-85(80)99(84)76-56-90-92-91(57-76)101(86-55-74(39-33-69(86)59-97)98-83-43-32-60(58-96)46-78(83)77-40-34-66(50-87(77)98)61-22-12-7-13-23-61)89-52-68(63-26-16-9-17-27-63)36-42-82(89)95(92)81-41-35-67(62-24-14-8-15-25-62)51-88(81)100(90)75-48-70(64-28-18-10-19-29-64)47-71(49-75)65-30-20-11-21-31-65/h7-57H,1-6H3/i7D,8D,9D,12D,13D,14D,15D,16D,17D,22D,23D,24D,25D,26D,27D,32D,34D,40D,43D,46D,50D. The van der Waals surface area contributed by atoms with Gasteiger partial charge in [0, 0.05) is 55.7 Å². The van der Waals surface area contributed by atoms with Crippen LogP contribution in [0.2, 0.25) is 0 Å². The van der Waals surface area contributed by atoms with Crippen molar-refractivity contribution < 1.29 is 28.8 Å². The zero-order chi connectivity index (χ0) is 86.7. The Morgan fingerprint density at radius 1 is 0.327 bits per heavy atom. The fraction of sp³-hybridized carbons (Fsp3) is 0.0851. The van der Waals surface area contributed by atoms with E-state index in [1.54, 1.807) is 30.3 Å². The number of nitrogens with zero attached hydrogens (tertiary/aromatic N) is 6. The summed E-state index contributed by atoms with van der Waals surface area (Å²) in [6, 6.07) is 48.3. The molecule has 0 bridgehead atoms. The van der Waals surface area contributed by atoms with Crippen LogP contribution >= 0.6 is 0 Å². The van der Waals surface area contributed by atoms with Gasteiger partial charge in [0.1, 0.15) is 6.07 Å². The Kier molecular flexibility index (Phi) is 9.83.